The van der Waals surface area contributed by atoms with Crippen LogP contribution < -0.4 is 5.43 Å². The Morgan fingerprint density at radius 1 is 1.14 bits per heavy atom. The van der Waals surface area contributed by atoms with Crippen molar-refractivity contribution < 1.29 is 14.7 Å². The van der Waals surface area contributed by atoms with Gasteiger partial charge in [-0.2, -0.15) is 5.10 Å². The van der Waals surface area contributed by atoms with E-state index in [9.17, 15) is 9.59 Å². The number of carbonyl (C=O) groups is 2. The molecule has 5 nitrogen and oxygen atoms in total. The number of thiophene rings is 1. The number of nitrogens with zero attached hydrogens (tertiary/aromatic N) is 1. The molecule has 0 aliphatic heterocycles. The number of rotatable bonds is 4. The molecule has 0 radical (unpaired) electrons. The minimum atomic E-state index is -0.969. The van der Waals surface area contributed by atoms with Crippen LogP contribution in [0.5, 0.6) is 0 Å². The molecule has 0 aliphatic carbocycles. The van der Waals surface area contributed by atoms with Crippen molar-refractivity contribution in [3.63, 3.8) is 0 Å². The number of nitrogens with one attached hydrogen (secondary N) is 1. The molecule has 1 amide bonds. The minimum Gasteiger partial charge on any atom is -0.477 e. The zero-order valence-corrected chi connectivity index (χ0v) is 12.4. The van der Waals surface area contributed by atoms with E-state index in [-0.39, 0.29) is 10.8 Å². The van der Waals surface area contributed by atoms with Gasteiger partial charge in [0.1, 0.15) is 4.88 Å². The van der Waals surface area contributed by atoms with Gasteiger partial charge in [0.25, 0.3) is 5.91 Å². The van der Waals surface area contributed by atoms with Crippen molar-refractivity contribution in [2.75, 3.05) is 0 Å². The average molecular weight is 302 g/mol. The molecule has 0 unspecified atom stereocenters. The summed E-state index contributed by atoms with van der Waals surface area (Å²) in [5.74, 6) is -1.26. The molecule has 2 N–H and O–H groups in total. The molecule has 0 saturated heterocycles. The molecule has 2 rings (SSSR count). The highest BCUT2D eigenvalue weighted by atomic mass is 32.1. The number of hydrogen-bond donors (Lipinski definition) is 2. The summed E-state index contributed by atoms with van der Waals surface area (Å²) in [6, 6.07) is 10.4. The van der Waals surface area contributed by atoms with Gasteiger partial charge >= 0.3 is 5.97 Å². The SMILES string of the molecule is C/C(=N/NC(=O)c1ccccc1C)c1ccc(C(=O)O)s1. The van der Waals surface area contributed by atoms with Gasteiger partial charge < -0.3 is 5.11 Å². The lowest BCUT2D eigenvalue weighted by Crippen LogP contribution is -2.20. The fourth-order valence-corrected chi connectivity index (χ4v) is 2.51. The Labute approximate surface area is 125 Å². The monoisotopic (exact) mass is 302 g/mol. The van der Waals surface area contributed by atoms with Crippen LogP contribution in [0.15, 0.2) is 41.5 Å². The molecular formula is C15H14N2O3S. The Kier molecular flexibility index (Phi) is 4.49. The molecule has 0 bridgehead atoms. The lowest BCUT2D eigenvalue weighted by atomic mass is 10.1. The van der Waals surface area contributed by atoms with Gasteiger partial charge in [-0.25, -0.2) is 10.2 Å². The van der Waals surface area contributed by atoms with Crippen molar-refractivity contribution >= 4 is 28.9 Å². The first-order valence-electron chi connectivity index (χ1n) is 6.23. The van der Waals surface area contributed by atoms with E-state index in [1.54, 1.807) is 25.1 Å². The number of hydrazone groups is 1. The maximum absolute atomic E-state index is 12.0. The zero-order chi connectivity index (χ0) is 15.4. The quantitative estimate of drug-likeness (QED) is 0.673. The van der Waals surface area contributed by atoms with Crippen LogP contribution in [0.3, 0.4) is 0 Å². The lowest BCUT2D eigenvalue weighted by molar-refractivity contribution is 0.0702. The molecule has 0 fully saturated rings. The van der Waals surface area contributed by atoms with Crippen molar-refractivity contribution in [3.8, 4) is 0 Å². The summed E-state index contributed by atoms with van der Waals surface area (Å²) >= 11 is 1.12. The first-order valence-corrected chi connectivity index (χ1v) is 7.04. The molecule has 0 saturated carbocycles. The van der Waals surface area contributed by atoms with E-state index in [0.29, 0.717) is 16.2 Å². The van der Waals surface area contributed by atoms with Crippen LogP contribution in [0.2, 0.25) is 0 Å². The Morgan fingerprint density at radius 3 is 2.43 bits per heavy atom. The van der Waals surface area contributed by atoms with E-state index in [2.05, 4.69) is 10.5 Å². The number of amides is 1. The van der Waals surface area contributed by atoms with Crippen molar-refractivity contribution in [3.05, 3.63) is 57.3 Å². The van der Waals surface area contributed by atoms with Gasteiger partial charge in [0.2, 0.25) is 0 Å². The van der Waals surface area contributed by atoms with Gasteiger partial charge in [-0.1, -0.05) is 18.2 Å². The molecule has 0 atom stereocenters. The van der Waals surface area contributed by atoms with E-state index in [0.717, 1.165) is 16.9 Å². The molecular weight excluding hydrogens is 288 g/mol. The molecule has 1 aromatic carbocycles. The first kappa shape index (κ1) is 14.9. The largest absolute Gasteiger partial charge is 0.477 e. The zero-order valence-electron chi connectivity index (χ0n) is 11.6. The van der Waals surface area contributed by atoms with Gasteiger partial charge in [0.05, 0.1) is 10.6 Å². The Balaban J connectivity index is 2.11. The normalized spacial score (nSPS) is 11.2. The van der Waals surface area contributed by atoms with Crippen LogP contribution in [-0.2, 0) is 0 Å². The molecule has 1 heterocycles. The standard InChI is InChI=1S/C15H14N2O3S/c1-9-5-3-4-6-11(9)14(18)17-16-10(2)12-7-8-13(21-12)15(19)20/h3-8H,1-2H3,(H,17,18)(H,19,20)/b16-10-. The fraction of sp³-hybridized carbons (Fsp3) is 0.133. The molecule has 21 heavy (non-hydrogen) atoms. The summed E-state index contributed by atoms with van der Waals surface area (Å²) in [5, 5.41) is 12.9. The van der Waals surface area contributed by atoms with Gasteiger partial charge in [-0.05, 0) is 37.6 Å². The van der Waals surface area contributed by atoms with Gasteiger partial charge in [0, 0.05) is 5.56 Å². The smallest absolute Gasteiger partial charge is 0.345 e. The topological polar surface area (TPSA) is 78.8 Å². The second-order valence-corrected chi connectivity index (χ2v) is 5.51. The van der Waals surface area contributed by atoms with Crippen LogP contribution in [0.25, 0.3) is 0 Å². The lowest BCUT2D eigenvalue weighted by Gasteiger charge is -2.04. The van der Waals surface area contributed by atoms with Crippen LogP contribution in [0.1, 0.15) is 37.4 Å². The number of hydrogen-bond acceptors (Lipinski definition) is 4. The minimum absolute atomic E-state index is 0.241. The van der Waals surface area contributed by atoms with E-state index in [4.69, 9.17) is 5.11 Å². The third kappa shape index (κ3) is 3.55. The molecule has 1 aromatic heterocycles. The van der Waals surface area contributed by atoms with E-state index in [1.807, 2.05) is 19.1 Å². The maximum Gasteiger partial charge on any atom is 0.345 e. The third-order valence-electron chi connectivity index (χ3n) is 2.89. The van der Waals surface area contributed by atoms with Crippen molar-refractivity contribution in [2.45, 2.75) is 13.8 Å². The molecule has 2 aromatic rings. The highest BCUT2D eigenvalue weighted by molar-refractivity contribution is 7.15. The predicted molar refractivity (Wildman–Crippen MR) is 82.1 cm³/mol. The predicted octanol–water partition coefficient (Wildman–Crippen LogP) is 2.91. The molecule has 108 valence electrons. The molecule has 0 aliphatic rings. The third-order valence-corrected chi connectivity index (χ3v) is 4.07. The van der Waals surface area contributed by atoms with Gasteiger partial charge in [-0.15, -0.1) is 11.3 Å². The molecule has 6 heteroatoms. The number of benzene rings is 1. The Hall–Kier alpha value is -2.47. The second-order valence-electron chi connectivity index (χ2n) is 4.42. The van der Waals surface area contributed by atoms with Crippen LogP contribution in [0.4, 0.5) is 0 Å². The number of carbonyl (C=O) groups excluding carboxylic acids is 1. The Morgan fingerprint density at radius 2 is 1.81 bits per heavy atom. The highest BCUT2D eigenvalue weighted by Crippen LogP contribution is 2.17. The number of aromatic carboxylic acids is 1. The summed E-state index contributed by atoms with van der Waals surface area (Å²) in [4.78, 5) is 23.8. The van der Waals surface area contributed by atoms with Crippen LogP contribution in [-0.4, -0.2) is 22.7 Å². The maximum atomic E-state index is 12.0. The number of carboxylic acids is 1. The van der Waals surface area contributed by atoms with Gasteiger partial charge in [-0.3, -0.25) is 4.79 Å². The summed E-state index contributed by atoms with van der Waals surface area (Å²) in [6.07, 6.45) is 0. The first-order chi connectivity index (χ1) is 9.99. The summed E-state index contributed by atoms with van der Waals surface area (Å²) in [6.45, 7) is 3.57. The van der Waals surface area contributed by atoms with Crippen LogP contribution in [0, 0.1) is 6.92 Å². The highest BCUT2D eigenvalue weighted by Gasteiger charge is 2.10. The molecule has 0 spiro atoms. The van der Waals surface area contributed by atoms with E-state index < -0.39 is 5.97 Å². The number of aryl methyl sites for hydroxylation is 1. The second kappa shape index (κ2) is 6.32. The summed E-state index contributed by atoms with van der Waals surface area (Å²) in [5.41, 5.74) is 4.48. The Bertz CT molecular complexity index is 719. The fourth-order valence-electron chi connectivity index (χ4n) is 1.72. The van der Waals surface area contributed by atoms with E-state index >= 15 is 0 Å². The van der Waals surface area contributed by atoms with Crippen molar-refractivity contribution in [1.29, 1.82) is 0 Å². The van der Waals surface area contributed by atoms with Crippen molar-refractivity contribution in [1.82, 2.24) is 5.43 Å². The van der Waals surface area contributed by atoms with Crippen molar-refractivity contribution in [2.24, 2.45) is 5.10 Å². The average Bonchev–Trinajstić information content (AvgIpc) is 2.95. The van der Waals surface area contributed by atoms with Gasteiger partial charge in [0.15, 0.2) is 0 Å². The van der Waals surface area contributed by atoms with E-state index in [1.165, 1.54) is 6.07 Å². The summed E-state index contributed by atoms with van der Waals surface area (Å²) in [7, 11) is 0. The van der Waals surface area contributed by atoms with Crippen LogP contribution >= 0.6 is 11.3 Å². The summed E-state index contributed by atoms with van der Waals surface area (Å²) < 4.78 is 0. The number of carboxylic acid groups (broad SMARTS) is 1.